The van der Waals surface area contributed by atoms with E-state index in [-0.39, 0.29) is 0 Å². The summed E-state index contributed by atoms with van der Waals surface area (Å²) in [7, 11) is 0. The molecule has 2 heterocycles. The van der Waals surface area contributed by atoms with Gasteiger partial charge in [-0.3, -0.25) is 4.90 Å². The lowest BCUT2D eigenvalue weighted by Gasteiger charge is -2.38. The lowest BCUT2D eigenvalue weighted by molar-refractivity contribution is 0.100. The largest absolute Gasteiger partial charge is 0.310 e. The van der Waals surface area contributed by atoms with Gasteiger partial charge in [-0.15, -0.1) is 0 Å². The van der Waals surface area contributed by atoms with Crippen molar-refractivity contribution in [2.75, 3.05) is 39.3 Å². The number of piperazine rings is 1. The van der Waals surface area contributed by atoms with Gasteiger partial charge in [-0.1, -0.05) is 6.92 Å². The van der Waals surface area contributed by atoms with Gasteiger partial charge in [0, 0.05) is 44.3 Å². The van der Waals surface area contributed by atoms with Crippen LogP contribution in [-0.4, -0.2) is 60.6 Å². The quantitative estimate of drug-likeness (QED) is 0.777. The van der Waals surface area contributed by atoms with Crippen LogP contribution in [0.15, 0.2) is 0 Å². The Morgan fingerprint density at radius 3 is 2.38 bits per heavy atom. The van der Waals surface area contributed by atoms with E-state index in [4.69, 9.17) is 0 Å². The zero-order valence-corrected chi connectivity index (χ0v) is 11.1. The fourth-order valence-corrected chi connectivity index (χ4v) is 3.05. The second-order valence-electron chi connectivity index (χ2n) is 6.00. The molecule has 1 unspecified atom stereocenters. The molecule has 16 heavy (non-hydrogen) atoms. The van der Waals surface area contributed by atoms with Crippen LogP contribution in [0, 0.1) is 0 Å². The Labute approximate surface area is 100 Å². The Morgan fingerprint density at radius 1 is 1.19 bits per heavy atom. The average Bonchev–Trinajstić information content (AvgIpc) is 2.61. The Hall–Kier alpha value is -0.120. The van der Waals surface area contributed by atoms with Gasteiger partial charge < -0.3 is 10.2 Å². The van der Waals surface area contributed by atoms with Crippen molar-refractivity contribution in [1.29, 1.82) is 0 Å². The lowest BCUT2D eigenvalue weighted by atomic mass is 10.0. The first-order valence-electron chi connectivity index (χ1n) is 6.82. The number of rotatable bonds is 3. The maximum atomic E-state index is 3.62. The molecule has 1 N–H and O–H groups in total. The van der Waals surface area contributed by atoms with E-state index in [0.29, 0.717) is 5.54 Å². The van der Waals surface area contributed by atoms with E-state index in [0.717, 1.165) is 6.04 Å². The predicted octanol–water partition coefficient (Wildman–Crippen LogP) is 1.15. The third kappa shape index (κ3) is 2.96. The fraction of sp³-hybridized carbons (Fsp3) is 1.00. The average molecular weight is 225 g/mol. The van der Waals surface area contributed by atoms with Crippen molar-refractivity contribution in [1.82, 2.24) is 15.1 Å². The minimum atomic E-state index is 0.352. The monoisotopic (exact) mass is 225 g/mol. The predicted molar refractivity (Wildman–Crippen MR) is 68.8 cm³/mol. The summed E-state index contributed by atoms with van der Waals surface area (Å²) in [6.45, 7) is 14.4. The van der Waals surface area contributed by atoms with Crippen LogP contribution in [0.5, 0.6) is 0 Å². The Morgan fingerprint density at radius 2 is 1.88 bits per heavy atom. The molecule has 2 saturated heterocycles. The highest BCUT2D eigenvalue weighted by atomic mass is 15.3. The Balaban J connectivity index is 1.77. The van der Waals surface area contributed by atoms with Crippen molar-refractivity contribution in [2.24, 2.45) is 0 Å². The molecule has 2 aliphatic heterocycles. The first-order valence-corrected chi connectivity index (χ1v) is 6.82. The van der Waals surface area contributed by atoms with E-state index in [1.165, 1.54) is 52.1 Å². The molecule has 0 radical (unpaired) electrons. The Bertz CT molecular complexity index is 219. The molecule has 2 fully saturated rings. The maximum absolute atomic E-state index is 3.62. The molecule has 0 saturated carbocycles. The molecular formula is C13H27N3. The molecule has 0 spiro atoms. The number of hydrogen-bond donors (Lipinski definition) is 1. The summed E-state index contributed by atoms with van der Waals surface area (Å²) >= 11 is 0. The van der Waals surface area contributed by atoms with E-state index in [1.807, 2.05) is 0 Å². The highest BCUT2D eigenvalue weighted by molar-refractivity contribution is 4.95. The van der Waals surface area contributed by atoms with Crippen LogP contribution in [0.3, 0.4) is 0 Å². The maximum Gasteiger partial charge on any atom is 0.0239 e. The highest BCUT2D eigenvalue weighted by Crippen LogP contribution is 2.23. The number of nitrogens with zero attached hydrogens (tertiary/aromatic N) is 2. The summed E-state index contributed by atoms with van der Waals surface area (Å²) in [6.07, 6.45) is 2.60. The van der Waals surface area contributed by atoms with Gasteiger partial charge >= 0.3 is 0 Å². The molecule has 0 aromatic rings. The summed E-state index contributed by atoms with van der Waals surface area (Å²) in [5.41, 5.74) is 0.352. The molecular weight excluding hydrogens is 198 g/mol. The summed E-state index contributed by atoms with van der Waals surface area (Å²) < 4.78 is 0. The molecule has 0 aliphatic carbocycles. The highest BCUT2D eigenvalue weighted by Gasteiger charge is 2.34. The minimum Gasteiger partial charge on any atom is -0.310 e. The zero-order valence-electron chi connectivity index (χ0n) is 11.1. The first kappa shape index (κ1) is 12.3. The van der Waals surface area contributed by atoms with Crippen molar-refractivity contribution in [3.05, 3.63) is 0 Å². The van der Waals surface area contributed by atoms with Crippen LogP contribution in [0.2, 0.25) is 0 Å². The molecule has 2 aliphatic rings. The molecule has 0 aromatic carbocycles. The summed E-state index contributed by atoms with van der Waals surface area (Å²) in [4.78, 5) is 5.29. The molecule has 3 heteroatoms. The molecule has 0 aromatic heterocycles. The second-order valence-corrected chi connectivity index (χ2v) is 6.00. The van der Waals surface area contributed by atoms with Crippen LogP contribution >= 0.6 is 0 Å². The number of nitrogens with one attached hydrogen (secondary N) is 1. The van der Waals surface area contributed by atoms with Gasteiger partial charge in [-0.25, -0.2) is 0 Å². The van der Waals surface area contributed by atoms with Crippen molar-refractivity contribution >= 4 is 0 Å². The molecule has 3 nitrogen and oxygen atoms in total. The van der Waals surface area contributed by atoms with Gasteiger partial charge in [0.2, 0.25) is 0 Å². The molecule has 0 bridgehead atoms. The van der Waals surface area contributed by atoms with E-state index in [1.54, 1.807) is 0 Å². The van der Waals surface area contributed by atoms with Crippen molar-refractivity contribution < 1.29 is 0 Å². The summed E-state index contributed by atoms with van der Waals surface area (Å²) in [5, 5.41) is 3.62. The van der Waals surface area contributed by atoms with Crippen molar-refractivity contribution in [2.45, 2.75) is 45.2 Å². The minimum absolute atomic E-state index is 0.352. The number of hydrogen-bond acceptors (Lipinski definition) is 3. The van der Waals surface area contributed by atoms with Gasteiger partial charge in [-0.05, 0) is 33.2 Å². The van der Waals surface area contributed by atoms with E-state index >= 15 is 0 Å². The normalized spacial score (nSPS) is 32.1. The van der Waals surface area contributed by atoms with Crippen LogP contribution in [0.1, 0.15) is 33.6 Å². The third-order valence-corrected chi connectivity index (χ3v) is 4.03. The van der Waals surface area contributed by atoms with Gasteiger partial charge in [-0.2, -0.15) is 0 Å². The molecule has 94 valence electrons. The third-order valence-electron chi connectivity index (χ3n) is 4.03. The van der Waals surface area contributed by atoms with Gasteiger partial charge in [0.25, 0.3) is 0 Å². The van der Waals surface area contributed by atoms with Crippen molar-refractivity contribution in [3.63, 3.8) is 0 Å². The summed E-state index contributed by atoms with van der Waals surface area (Å²) in [6, 6.07) is 0.777. The first-order chi connectivity index (χ1) is 7.61. The van der Waals surface area contributed by atoms with Gasteiger partial charge in [0.15, 0.2) is 0 Å². The smallest absolute Gasteiger partial charge is 0.0239 e. The SMILES string of the molecule is CCCN1CCN(C2CNC(C)(C)C2)CC1. The topological polar surface area (TPSA) is 18.5 Å². The molecule has 2 rings (SSSR count). The van der Waals surface area contributed by atoms with E-state index in [9.17, 15) is 0 Å². The van der Waals surface area contributed by atoms with Crippen LogP contribution in [0.4, 0.5) is 0 Å². The van der Waals surface area contributed by atoms with Crippen molar-refractivity contribution in [3.8, 4) is 0 Å². The molecule has 1 atom stereocenters. The second kappa shape index (κ2) is 5.03. The zero-order chi connectivity index (χ0) is 11.6. The fourth-order valence-electron chi connectivity index (χ4n) is 3.05. The van der Waals surface area contributed by atoms with E-state index < -0.39 is 0 Å². The summed E-state index contributed by atoms with van der Waals surface area (Å²) in [5.74, 6) is 0. The van der Waals surface area contributed by atoms with Crippen LogP contribution in [-0.2, 0) is 0 Å². The van der Waals surface area contributed by atoms with Crippen LogP contribution in [0.25, 0.3) is 0 Å². The van der Waals surface area contributed by atoms with Crippen LogP contribution < -0.4 is 5.32 Å². The van der Waals surface area contributed by atoms with Gasteiger partial charge in [0.1, 0.15) is 0 Å². The molecule has 0 amide bonds. The standard InChI is InChI=1S/C13H27N3/c1-4-5-15-6-8-16(9-7-15)12-10-13(2,3)14-11-12/h12,14H,4-11H2,1-3H3. The van der Waals surface area contributed by atoms with E-state index in [2.05, 4.69) is 35.9 Å². The Kier molecular flexibility index (Phi) is 3.88. The van der Waals surface area contributed by atoms with Gasteiger partial charge in [0.05, 0.1) is 0 Å². The lowest BCUT2D eigenvalue weighted by Crippen LogP contribution is -2.50.